The first-order chi connectivity index (χ1) is 12.2. The topological polar surface area (TPSA) is 52.7 Å². The molecule has 3 atom stereocenters. The smallest absolute Gasteiger partial charge is 0.254 e. The molecule has 4 rings (SSSR count). The van der Waals surface area contributed by atoms with Gasteiger partial charge in [-0.2, -0.15) is 11.3 Å². The minimum atomic E-state index is -0.00720. The molecule has 1 saturated carbocycles. The summed E-state index contributed by atoms with van der Waals surface area (Å²) in [5, 5.41) is 7.44. The van der Waals surface area contributed by atoms with Crippen molar-refractivity contribution in [3.05, 3.63) is 22.4 Å². The van der Waals surface area contributed by atoms with E-state index in [1.54, 1.807) is 11.3 Å². The van der Waals surface area contributed by atoms with Gasteiger partial charge in [-0.05, 0) is 43.0 Å². The number of rotatable bonds is 2. The molecule has 1 N–H and O–H groups in total. The van der Waals surface area contributed by atoms with Gasteiger partial charge in [-0.3, -0.25) is 9.59 Å². The average Bonchev–Trinajstić information content (AvgIpc) is 3.25. The van der Waals surface area contributed by atoms with E-state index in [0.29, 0.717) is 25.0 Å². The molecular weight excluding hydrogens is 334 g/mol. The maximum absolute atomic E-state index is 13.0. The van der Waals surface area contributed by atoms with E-state index in [0.717, 1.165) is 31.5 Å². The molecule has 0 aromatic carbocycles. The average molecular weight is 362 g/mol. The number of amides is 2. The van der Waals surface area contributed by atoms with Crippen LogP contribution in [0.1, 0.15) is 48.9 Å². The molecule has 1 aromatic rings. The summed E-state index contributed by atoms with van der Waals surface area (Å²) in [6.45, 7) is 2.80. The van der Waals surface area contributed by atoms with Crippen LogP contribution in [0.2, 0.25) is 0 Å². The van der Waals surface area contributed by atoms with E-state index in [9.17, 15) is 9.59 Å². The van der Waals surface area contributed by atoms with Crippen molar-refractivity contribution in [2.45, 2.75) is 50.6 Å². The van der Waals surface area contributed by atoms with Gasteiger partial charge in [0.15, 0.2) is 0 Å². The van der Waals surface area contributed by atoms with Crippen LogP contribution in [0.4, 0.5) is 0 Å². The summed E-state index contributed by atoms with van der Waals surface area (Å²) in [7, 11) is 0. The van der Waals surface area contributed by atoms with E-state index >= 15 is 0 Å². The number of thiophene rings is 1. The second-order valence-corrected chi connectivity index (χ2v) is 8.37. The number of nitrogens with zero attached hydrogens (tertiary/aromatic N) is 2. The molecule has 2 amide bonds. The maximum atomic E-state index is 13.0. The summed E-state index contributed by atoms with van der Waals surface area (Å²) in [6, 6.07) is 2.42. The highest BCUT2D eigenvalue weighted by Crippen LogP contribution is 2.33. The molecule has 0 spiro atoms. The molecule has 3 fully saturated rings. The molecule has 1 aromatic heterocycles. The van der Waals surface area contributed by atoms with Crippen LogP contribution in [0.15, 0.2) is 16.8 Å². The minimum absolute atomic E-state index is 0.00720. The third-order valence-electron chi connectivity index (χ3n) is 6.02. The van der Waals surface area contributed by atoms with E-state index in [1.165, 1.54) is 25.7 Å². The molecule has 1 aliphatic carbocycles. The van der Waals surface area contributed by atoms with Gasteiger partial charge < -0.3 is 15.1 Å². The quantitative estimate of drug-likeness (QED) is 0.880. The van der Waals surface area contributed by atoms with Crippen LogP contribution < -0.4 is 5.32 Å². The lowest BCUT2D eigenvalue weighted by atomic mass is 9.85. The molecule has 0 bridgehead atoms. The van der Waals surface area contributed by atoms with Crippen LogP contribution in [-0.4, -0.2) is 59.9 Å². The highest BCUT2D eigenvalue weighted by atomic mass is 32.1. The Morgan fingerprint density at radius 1 is 1.04 bits per heavy atom. The molecule has 2 aliphatic heterocycles. The molecule has 2 saturated heterocycles. The number of carbonyl (C=O) groups excluding carboxylic acids is 2. The molecule has 3 aliphatic rings. The molecule has 0 radical (unpaired) electrons. The van der Waals surface area contributed by atoms with Gasteiger partial charge in [0, 0.05) is 37.6 Å². The lowest BCUT2D eigenvalue weighted by Crippen LogP contribution is -2.46. The van der Waals surface area contributed by atoms with Crippen molar-refractivity contribution in [1.29, 1.82) is 0 Å². The van der Waals surface area contributed by atoms with Gasteiger partial charge in [0.2, 0.25) is 5.91 Å². The van der Waals surface area contributed by atoms with Gasteiger partial charge in [0.05, 0.1) is 11.6 Å². The molecule has 3 heterocycles. The fourth-order valence-electron chi connectivity index (χ4n) is 4.64. The standard InChI is InChI=1S/C19H27N3O2S/c23-18(15-6-11-25-13-15)21-7-3-8-22(10-9-21)19(24)17-12-14-4-1-2-5-16(14)20-17/h6,11,13-14,16-17,20H,1-5,7-10,12H2. The van der Waals surface area contributed by atoms with Crippen LogP contribution in [0.25, 0.3) is 0 Å². The van der Waals surface area contributed by atoms with Crippen molar-refractivity contribution in [3.8, 4) is 0 Å². The largest absolute Gasteiger partial charge is 0.340 e. The summed E-state index contributed by atoms with van der Waals surface area (Å²) >= 11 is 1.55. The number of hydrogen-bond donors (Lipinski definition) is 1. The Bertz CT molecular complexity index is 604. The molecule has 6 heteroatoms. The van der Waals surface area contributed by atoms with Gasteiger partial charge in [-0.25, -0.2) is 0 Å². The first-order valence-electron chi connectivity index (χ1n) is 9.58. The number of hydrogen-bond acceptors (Lipinski definition) is 4. The third-order valence-corrected chi connectivity index (χ3v) is 6.71. The number of carbonyl (C=O) groups is 2. The maximum Gasteiger partial charge on any atom is 0.254 e. The van der Waals surface area contributed by atoms with Crippen LogP contribution in [0, 0.1) is 5.92 Å². The van der Waals surface area contributed by atoms with Crippen molar-refractivity contribution >= 4 is 23.2 Å². The van der Waals surface area contributed by atoms with Crippen molar-refractivity contribution in [2.24, 2.45) is 5.92 Å². The van der Waals surface area contributed by atoms with Gasteiger partial charge >= 0.3 is 0 Å². The van der Waals surface area contributed by atoms with E-state index in [1.807, 2.05) is 26.6 Å². The van der Waals surface area contributed by atoms with Crippen LogP contribution in [-0.2, 0) is 4.79 Å². The Hall–Kier alpha value is -1.40. The van der Waals surface area contributed by atoms with Crippen molar-refractivity contribution in [2.75, 3.05) is 26.2 Å². The fraction of sp³-hybridized carbons (Fsp3) is 0.684. The Balaban J connectivity index is 1.34. The summed E-state index contributed by atoms with van der Waals surface area (Å²) in [5.41, 5.74) is 0.770. The fourth-order valence-corrected chi connectivity index (χ4v) is 5.27. The predicted molar refractivity (Wildman–Crippen MR) is 98.7 cm³/mol. The van der Waals surface area contributed by atoms with E-state index in [4.69, 9.17) is 0 Å². The molecule has 3 unspecified atom stereocenters. The monoisotopic (exact) mass is 361 g/mol. The second-order valence-electron chi connectivity index (χ2n) is 7.59. The van der Waals surface area contributed by atoms with E-state index < -0.39 is 0 Å². The number of nitrogens with one attached hydrogen (secondary N) is 1. The summed E-state index contributed by atoms with van der Waals surface area (Å²) in [5.74, 6) is 1.03. The lowest BCUT2D eigenvalue weighted by Gasteiger charge is -2.25. The molecule has 136 valence electrons. The van der Waals surface area contributed by atoms with Gasteiger partial charge in [0.1, 0.15) is 0 Å². The van der Waals surface area contributed by atoms with Crippen LogP contribution in [0.5, 0.6) is 0 Å². The first-order valence-corrected chi connectivity index (χ1v) is 10.5. The predicted octanol–water partition coefficient (Wildman–Crippen LogP) is 2.34. The molecular formula is C19H27N3O2S. The van der Waals surface area contributed by atoms with E-state index in [2.05, 4.69) is 5.32 Å². The van der Waals surface area contributed by atoms with E-state index in [-0.39, 0.29) is 17.9 Å². The Labute approximate surface area is 153 Å². The molecule has 5 nitrogen and oxygen atoms in total. The van der Waals surface area contributed by atoms with Gasteiger partial charge in [0.25, 0.3) is 5.91 Å². The zero-order valence-corrected chi connectivity index (χ0v) is 15.5. The minimum Gasteiger partial charge on any atom is -0.340 e. The van der Waals surface area contributed by atoms with Crippen molar-refractivity contribution in [1.82, 2.24) is 15.1 Å². The zero-order chi connectivity index (χ0) is 17.2. The SMILES string of the molecule is O=C(c1ccsc1)N1CCCN(C(=O)C2CC3CCCCC3N2)CC1. The third kappa shape index (κ3) is 3.60. The van der Waals surface area contributed by atoms with Crippen molar-refractivity contribution in [3.63, 3.8) is 0 Å². The van der Waals surface area contributed by atoms with Crippen molar-refractivity contribution < 1.29 is 9.59 Å². The second kappa shape index (κ2) is 7.46. The number of fused-ring (bicyclic) bond motifs is 1. The summed E-state index contributed by atoms with van der Waals surface area (Å²) in [4.78, 5) is 29.4. The molecule has 25 heavy (non-hydrogen) atoms. The van der Waals surface area contributed by atoms with Crippen LogP contribution >= 0.6 is 11.3 Å². The van der Waals surface area contributed by atoms with Crippen LogP contribution in [0.3, 0.4) is 0 Å². The lowest BCUT2D eigenvalue weighted by molar-refractivity contribution is -0.133. The first kappa shape index (κ1) is 17.0. The zero-order valence-electron chi connectivity index (χ0n) is 14.7. The normalized spacial score (nSPS) is 30.0. The Morgan fingerprint density at radius 3 is 2.64 bits per heavy atom. The summed E-state index contributed by atoms with van der Waals surface area (Å²) < 4.78 is 0. The Kier molecular flexibility index (Phi) is 5.08. The highest BCUT2D eigenvalue weighted by Gasteiger charge is 2.39. The van der Waals surface area contributed by atoms with Gasteiger partial charge in [-0.15, -0.1) is 0 Å². The summed E-state index contributed by atoms with van der Waals surface area (Å²) in [6.07, 6.45) is 6.95. The highest BCUT2D eigenvalue weighted by molar-refractivity contribution is 7.08. The van der Waals surface area contributed by atoms with Gasteiger partial charge in [-0.1, -0.05) is 12.8 Å². The Morgan fingerprint density at radius 2 is 1.84 bits per heavy atom.